The normalized spacial score (nSPS) is 25.5. The van der Waals surface area contributed by atoms with E-state index in [2.05, 4.69) is 15.3 Å². The summed E-state index contributed by atoms with van der Waals surface area (Å²) in [7, 11) is 0. The molecular formula is C12H14N2OS. The zero-order valence-corrected chi connectivity index (χ0v) is 10.00. The van der Waals surface area contributed by atoms with Crippen LogP contribution in [0.25, 0.3) is 10.9 Å². The summed E-state index contributed by atoms with van der Waals surface area (Å²) < 4.78 is 4.43. The van der Waals surface area contributed by atoms with E-state index in [0.717, 1.165) is 18.5 Å². The van der Waals surface area contributed by atoms with Crippen molar-refractivity contribution in [2.45, 2.75) is 18.9 Å². The van der Waals surface area contributed by atoms with Gasteiger partial charge in [0.15, 0.2) is 0 Å². The van der Waals surface area contributed by atoms with Gasteiger partial charge in [0.25, 0.3) is 0 Å². The molecule has 0 amide bonds. The Labute approximate surface area is 98.5 Å². The maximum atomic E-state index is 9.98. The van der Waals surface area contributed by atoms with Crippen LogP contribution >= 0.6 is 11.5 Å². The molecule has 1 aliphatic heterocycles. The molecule has 4 heteroatoms. The number of β-amino-alcohol motifs (C(OH)–C–C–N with tert-alkyl or cyclic N) is 1. The van der Waals surface area contributed by atoms with Gasteiger partial charge in [0.05, 0.1) is 11.1 Å². The summed E-state index contributed by atoms with van der Waals surface area (Å²) in [5.41, 5.74) is 0.500. The minimum atomic E-state index is -0.551. The van der Waals surface area contributed by atoms with E-state index < -0.39 is 5.60 Å². The lowest BCUT2D eigenvalue weighted by atomic mass is 10.1. The van der Waals surface area contributed by atoms with Gasteiger partial charge in [-0.15, -0.1) is 0 Å². The van der Waals surface area contributed by atoms with E-state index in [0.29, 0.717) is 6.54 Å². The number of anilines is 1. The maximum absolute atomic E-state index is 9.98. The Morgan fingerprint density at radius 2 is 2.25 bits per heavy atom. The summed E-state index contributed by atoms with van der Waals surface area (Å²) in [6.45, 7) is 3.52. The topological polar surface area (TPSA) is 36.4 Å². The summed E-state index contributed by atoms with van der Waals surface area (Å²) in [6, 6.07) is 8.17. The van der Waals surface area contributed by atoms with Crippen LogP contribution in [0, 0.1) is 0 Å². The van der Waals surface area contributed by atoms with Crippen LogP contribution < -0.4 is 4.90 Å². The van der Waals surface area contributed by atoms with Crippen molar-refractivity contribution >= 4 is 27.4 Å². The first-order chi connectivity index (χ1) is 7.66. The van der Waals surface area contributed by atoms with E-state index in [9.17, 15) is 5.11 Å². The van der Waals surface area contributed by atoms with Crippen molar-refractivity contribution in [2.75, 3.05) is 18.0 Å². The van der Waals surface area contributed by atoms with Crippen molar-refractivity contribution in [3.8, 4) is 0 Å². The number of hydrogen-bond donors (Lipinski definition) is 1. The Balaban J connectivity index is 2.01. The fourth-order valence-corrected chi connectivity index (χ4v) is 3.11. The average molecular weight is 234 g/mol. The minimum absolute atomic E-state index is 0.551. The molecule has 3 rings (SSSR count). The number of hydrogen-bond acceptors (Lipinski definition) is 4. The van der Waals surface area contributed by atoms with Crippen LogP contribution in [0.15, 0.2) is 24.3 Å². The van der Waals surface area contributed by atoms with Crippen molar-refractivity contribution in [1.29, 1.82) is 0 Å². The summed E-state index contributed by atoms with van der Waals surface area (Å²) in [5, 5.41) is 12.4. The Hall–Kier alpha value is -1.13. The van der Waals surface area contributed by atoms with Crippen LogP contribution in [0.4, 0.5) is 5.00 Å². The lowest BCUT2D eigenvalue weighted by Gasteiger charge is -2.18. The molecule has 1 aromatic carbocycles. The van der Waals surface area contributed by atoms with E-state index >= 15 is 0 Å². The van der Waals surface area contributed by atoms with Gasteiger partial charge in [-0.1, -0.05) is 12.1 Å². The van der Waals surface area contributed by atoms with E-state index in [4.69, 9.17) is 0 Å². The average Bonchev–Trinajstić information content (AvgIpc) is 2.81. The highest BCUT2D eigenvalue weighted by Gasteiger charge is 2.32. The minimum Gasteiger partial charge on any atom is -0.388 e. The zero-order valence-electron chi connectivity index (χ0n) is 9.18. The van der Waals surface area contributed by atoms with Crippen LogP contribution in [0.5, 0.6) is 0 Å². The molecule has 0 radical (unpaired) electrons. The molecule has 2 aromatic rings. The highest BCUT2D eigenvalue weighted by Crippen LogP contribution is 2.35. The first kappa shape index (κ1) is 10.1. The fourth-order valence-electron chi connectivity index (χ4n) is 2.22. The first-order valence-corrected chi connectivity index (χ1v) is 6.25. The van der Waals surface area contributed by atoms with E-state index in [1.54, 1.807) is 0 Å². The van der Waals surface area contributed by atoms with E-state index in [-0.39, 0.29) is 0 Å². The van der Waals surface area contributed by atoms with E-state index in [1.165, 1.54) is 21.9 Å². The molecule has 1 saturated heterocycles. The van der Waals surface area contributed by atoms with Crippen molar-refractivity contribution < 1.29 is 5.11 Å². The van der Waals surface area contributed by atoms with Gasteiger partial charge in [0.2, 0.25) is 0 Å². The van der Waals surface area contributed by atoms with Gasteiger partial charge in [0.1, 0.15) is 5.00 Å². The molecule has 1 aliphatic rings. The third-order valence-electron chi connectivity index (χ3n) is 3.10. The van der Waals surface area contributed by atoms with Gasteiger partial charge in [-0.3, -0.25) is 0 Å². The number of aliphatic hydroxyl groups is 1. The van der Waals surface area contributed by atoms with E-state index in [1.807, 2.05) is 25.1 Å². The molecule has 1 N–H and O–H groups in total. The summed E-state index contributed by atoms with van der Waals surface area (Å²) >= 11 is 1.53. The first-order valence-electron chi connectivity index (χ1n) is 5.47. The molecule has 2 heterocycles. The van der Waals surface area contributed by atoms with Crippen molar-refractivity contribution in [3.05, 3.63) is 24.3 Å². The van der Waals surface area contributed by atoms with Crippen LogP contribution in [-0.4, -0.2) is 28.2 Å². The van der Waals surface area contributed by atoms with Gasteiger partial charge in [-0.25, -0.2) is 0 Å². The van der Waals surface area contributed by atoms with Gasteiger partial charge in [0, 0.05) is 18.5 Å². The summed E-state index contributed by atoms with van der Waals surface area (Å²) in [6.07, 6.45) is 0.833. The van der Waals surface area contributed by atoms with Crippen LogP contribution in [-0.2, 0) is 0 Å². The quantitative estimate of drug-likeness (QED) is 0.822. The molecule has 1 aromatic heterocycles. The van der Waals surface area contributed by atoms with Crippen molar-refractivity contribution in [2.24, 2.45) is 0 Å². The summed E-state index contributed by atoms with van der Waals surface area (Å²) in [5.74, 6) is 0. The fraction of sp³-hybridized carbons (Fsp3) is 0.417. The molecule has 0 spiro atoms. The Bertz CT molecular complexity index is 520. The lowest BCUT2D eigenvalue weighted by Crippen LogP contribution is -2.29. The number of rotatable bonds is 1. The smallest absolute Gasteiger partial charge is 0.120 e. The van der Waals surface area contributed by atoms with Crippen LogP contribution in [0.2, 0.25) is 0 Å². The molecular weight excluding hydrogens is 220 g/mol. The summed E-state index contributed by atoms with van der Waals surface area (Å²) in [4.78, 5) is 2.24. The van der Waals surface area contributed by atoms with Crippen molar-refractivity contribution in [1.82, 2.24) is 4.37 Å². The highest BCUT2D eigenvalue weighted by molar-refractivity contribution is 7.11. The monoisotopic (exact) mass is 234 g/mol. The number of nitrogens with zero attached hydrogens (tertiary/aromatic N) is 2. The Morgan fingerprint density at radius 3 is 3.00 bits per heavy atom. The van der Waals surface area contributed by atoms with Gasteiger partial charge >= 0.3 is 0 Å². The number of benzene rings is 1. The van der Waals surface area contributed by atoms with Crippen LogP contribution in [0.3, 0.4) is 0 Å². The molecule has 0 aliphatic carbocycles. The molecule has 84 valence electrons. The van der Waals surface area contributed by atoms with Gasteiger partial charge in [-0.05, 0) is 37.0 Å². The SMILES string of the molecule is CC1(O)CCN(c2snc3ccccc23)C1. The standard InChI is InChI=1S/C12H14N2OS/c1-12(15)6-7-14(8-12)11-9-4-2-3-5-10(9)13-16-11/h2-5,15H,6-8H2,1H3. The molecule has 1 fully saturated rings. The Kier molecular flexibility index (Phi) is 2.16. The van der Waals surface area contributed by atoms with Gasteiger partial charge < -0.3 is 10.0 Å². The zero-order chi connectivity index (χ0) is 11.2. The highest BCUT2D eigenvalue weighted by atomic mass is 32.1. The molecule has 0 bridgehead atoms. The molecule has 1 unspecified atom stereocenters. The Morgan fingerprint density at radius 1 is 1.44 bits per heavy atom. The third-order valence-corrected chi connectivity index (χ3v) is 4.04. The van der Waals surface area contributed by atoms with Crippen molar-refractivity contribution in [3.63, 3.8) is 0 Å². The molecule has 16 heavy (non-hydrogen) atoms. The third kappa shape index (κ3) is 1.58. The number of fused-ring (bicyclic) bond motifs is 1. The van der Waals surface area contributed by atoms with Gasteiger partial charge in [-0.2, -0.15) is 4.37 Å². The molecule has 1 atom stereocenters. The predicted octanol–water partition coefficient (Wildman–Crippen LogP) is 2.26. The van der Waals surface area contributed by atoms with Crippen LogP contribution in [0.1, 0.15) is 13.3 Å². The lowest BCUT2D eigenvalue weighted by molar-refractivity contribution is 0.0840. The second-order valence-electron chi connectivity index (χ2n) is 4.67. The number of aromatic nitrogens is 1. The predicted molar refractivity (Wildman–Crippen MR) is 67.1 cm³/mol. The molecule has 3 nitrogen and oxygen atoms in total. The molecule has 0 saturated carbocycles. The second-order valence-corrected chi connectivity index (χ2v) is 5.43. The second kappa shape index (κ2) is 3.43. The maximum Gasteiger partial charge on any atom is 0.120 e. The largest absolute Gasteiger partial charge is 0.388 e.